The molecule has 1 aliphatic rings. The molecule has 6 nitrogen and oxygen atoms in total. The van der Waals surface area contributed by atoms with Crippen molar-refractivity contribution < 1.29 is 4.79 Å². The number of hydrogen-bond donors (Lipinski definition) is 1. The largest absolute Gasteiger partial charge is 0.319 e. The maximum absolute atomic E-state index is 12.3. The van der Waals surface area contributed by atoms with E-state index in [1.54, 1.807) is 23.9 Å². The van der Waals surface area contributed by atoms with Crippen LogP contribution >= 0.6 is 11.3 Å². The Hall–Kier alpha value is -2.54. The zero-order valence-corrected chi connectivity index (χ0v) is 14.3. The molecule has 1 saturated carbocycles. The molecule has 122 valence electrons. The van der Waals surface area contributed by atoms with Gasteiger partial charge in [0.25, 0.3) is 5.91 Å². The molecule has 0 atom stereocenters. The van der Waals surface area contributed by atoms with Gasteiger partial charge in [-0.05, 0) is 38.8 Å². The van der Waals surface area contributed by atoms with Gasteiger partial charge in [0.05, 0.1) is 22.6 Å². The zero-order chi connectivity index (χ0) is 16.7. The molecule has 4 rings (SSSR count). The van der Waals surface area contributed by atoms with E-state index in [0.717, 1.165) is 22.2 Å². The van der Waals surface area contributed by atoms with Crippen molar-refractivity contribution >= 4 is 22.9 Å². The zero-order valence-electron chi connectivity index (χ0n) is 13.5. The minimum absolute atomic E-state index is 0.192. The van der Waals surface area contributed by atoms with Crippen LogP contribution in [0.2, 0.25) is 0 Å². The average Bonchev–Trinajstić information content (AvgIpc) is 3.22. The summed E-state index contributed by atoms with van der Waals surface area (Å²) in [6.45, 7) is 3.96. The Balaban J connectivity index is 1.48. The van der Waals surface area contributed by atoms with Crippen molar-refractivity contribution in [1.82, 2.24) is 19.5 Å². The van der Waals surface area contributed by atoms with Crippen LogP contribution in [-0.2, 0) is 0 Å². The van der Waals surface area contributed by atoms with Crippen LogP contribution in [0.25, 0.3) is 5.82 Å². The first-order valence-corrected chi connectivity index (χ1v) is 8.73. The number of thiazole rings is 1. The number of imidazole rings is 1. The number of nitrogens with one attached hydrogen (secondary N) is 1. The van der Waals surface area contributed by atoms with Crippen molar-refractivity contribution in [1.29, 1.82) is 0 Å². The molecule has 24 heavy (non-hydrogen) atoms. The number of carbonyl (C=O) groups excluding carboxylic acids is 1. The number of amides is 1. The molecule has 3 aromatic rings. The lowest BCUT2D eigenvalue weighted by atomic mass is 10.3. The highest BCUT2D eigenvalue weighted by Gasteiger charge is 2.27. The van der Waals surface area contributed by atoms with Crippen LogP contribution in [0.1, 0.15) is 45.6 Å². The number of carbonyl (C=O) groups is 1. The first-order chi connectivity index (χ1) is 11.6. The van der Waals surface area contributed by atoms with E-state index >= 15 is 0 Å². The summed E-state index contributed by atoms with van der Waals surface area (Å²) in [7, 11) is 0. The van der Waals surface area contributed by atoms with Crippen LogP contribution < -0.4 is 5.32 Å². The lowest BCUT2D eigenvalue weighted by Crippen LogP contribution is -2.12. The highest BCUT2D eigenvalue weighted by atomic mass is 32.1. The molecule has 0 radical (unpaired) electrons. The van der Waals surface area contributed by atoms with Gasteiger partial charge in [-0.2, -0.15) is 0 Å². The maximum Gasteiger partial charge on any atom is 0.275 e. The Labute approximate surface area is 143 Å². The molecular formula is C17H17N5OS. The van der Waals surface area contributed by atoms with E-state index in [1.165, 1.54) is 12.8 Å². The number of anilines is 1. The second-order valence-corrected chi connectivity index (χ2v) is 6.88. The predicted octanol–water partition coefficient (Wildman–Crippen LogP) is 3.47. The molecule has 0 aromatic carbocycles. The van der Waals surface area contributed by atoms with E-state index in [0.29, 0.717) is 17.3 Å². The van der Waals surface area contributed by atoms with Crippen molar-refractivity contribution in [2.24, 2.45) is 0 Å². The number of rotatable bonds is 4. The van der Waals surface area contributed by atoms with Crippen LogP contribution in [0.15, 0.2) is 30.0 Å². The van der Waals surface area contributed by atoms with Crippen molar-refractivity contribution in [3.8, 4) is 5.82 Å². The summed E-state index contributed by atoms with van der Waals surface area (Å²) < 4.78 is 1.92. The van der Waals surface area contributed by atoms with Gasteiger partial charge >= 0.3 is 0 Å². The van der Waals surface area contributed by atoms with Crippen molar-refractivity contribution in [3.05, 3.63) is 52.1 Å². The summed E-state index contributed by atoms with van der Waals surface area (Å²) in [6, 6.07) is 3.70. The lowest BCUT2D eigenvalue weighted by Gasteiger charge is -2.07. The average molecular weight is 339 g/mol. The first kappa shape index (κ1) is 15.0. The van der Waals surface area contributed by atoms with Gasteiger partial charge in [-0.3, -0.25) is 9.36 Å². The van der Waals surface area contributed by atoms with E-state index in [2.05, 4.69) is 20.3 Å². The highest BCUT2D eigenvalue weighted by Crippen LogP contribution is 2.41. The molecule has 1 N–H and O–H groups in total. The van der Waals surface area contributed by atoms with Gasteiger partial charge in [0.2, 0.25) is 0 Å². The third-order valence-electron chi connectivity index (χ3n) is 4.19. The second-order valence-electron chi connectivity index (χ2n) is 5.99. The van der Waals surface area contributed by atoms with Gasteiger partial charge in [0.1, 0.15) is 17.8 Å². The summed E-state index contributed by atoms with van der Waals surface area (Å²) in [5.74, 6) is 1.15. The molecule has 0 bridgehead atoms. The molecule has 1 aliphatic carbocycles. The Kier molecular flexibility index (Phi) is 3.65. The summed E-state index contributed by atoms with van der Waals surface area (Å²) in [5, 5.41) is 5.74. The molecule has 0 aliphatic heterocycles. The first-order valence-electron chi connectivity index (χ1n) is 7.85. The van der Waals surface area contributed by atoms with E-state index in [1.807, 2.05) is 35.9 Å². The van der Waals surface area contributed by atoms with Gasteiger partial charge in [-0.1, -0.05) is 0 Å². The molecule has 3 heterocycles. The Morgan fingerprint density at radius 2 is 2.12 bits per heavy atom. The Bertz CT molecular complexity index is 892. The molecule has 1 amide bonds. The Morgan fingerprint density at radius 1 is 1.29 bits per heavy atom. The van der Waals surface area contributed by atoms with Crippen molar-refractivity contribution in [2.45, 2.75) is 32.6 Å². The SMILES string of the molecule is Cc1ncn(-c2ccc(NC(=O)c3csc(C4CC4)n3)cn2)c1C. The highest BCUT2D eigenvalue weighted by molar-refractivity contribution is 7.10. The van der Waals surface area contributed by atoms with Gasteiger partial charge in [0.15, 0.2) is 0 Å². The fraction of sp³-hybridized carbons (Fsp3) is 0.294. The monoisotopic (exact) mass is 339 g/mol. The fourth-order valence-corrected chi connectivity index (χ4v) is 3.41. The van der Waals surface area contributed by atoms with Crippen molar-refractivity contribution in [2.75, 3.05) is 5.32 Å². The minimum atomic E-state index is -0.192. The predicted molar refractivity (Wildman–Crippen MR) is 92.9 cm³/mol. The van der Waals surface area contributed by atoms with Crippen LogP contribution in [0.3, 0.4) is 0 Å². The molecule has 0 saturated heterocycles. The van der Waals surface area contributed by atoms with E-state index in [4.69, 9.17) is 0 Å². The molecule has 0 spiro atoms. The van der Waals surface area contributed by atoms with E-state index < -0.39 is 0 Å². The smallest absolute Gasteiger partial charge is 0.275 e. The minimum Gasteiger partial charge on any atom is -0.319 e. The number of nitrogens with zero attached hydrogens (tertiary/aromatic N) is 4. The summed E-state index contributed by atoms with van der Waals surface area (Å²) in [4.78, 5) is 25.4. The summed E-state index contributed by atoms with van der Waals surface area (Å²) in [6.07, 6.45) is 5.77. The number of aromatic nitrogens is 4. The van der Waals surface area contributed by atoms with Crippen LogP contribution in [0.5, 0.6) is 0 Å². The second kappa shape index (κ2) is 5.83. The number of aryl methyl sites for hydroxylation is 1. The fourth-order valence-electron chi connectivity index (χ4n) is 2.44. The summed E-state index contributed by atoms with van der Waals surface area (Å²) in [5.41, 5.74) is 3.16. The third kappa shape index (κ3) is 2.82. The van der Waals surface area contributed by atoms with Crippen LogP contribution in [-0.4, -0.2) is 25.4 Å². The maximum atomic E-state index is 12.3. The van der Waals surface area contributed by atoms with Crippen LogP contribution in [0.4, 0.5) is 5.69 Å². The van der Waals surface area contributed by atoms with Gasteiger partial charge in [-0.25, -0.2) is 15.0 Å². The lowest BCUT2D eigenvalue weighted by molar-refractivity contribution is 0.102. The van der Waals surface area contributed by atoms with Gasteiger partial charge < -0.3 is 5.32 Å². The van der Waals surface area contributed by atoms with E-state index in [-0.39, 0.29) is 5.91 Å². The van der Waals surface area contributed by atoms with Crippen molar-refractivity contribution in [3.63, 3.8) is 0 Å². The number of pyridine rings is 1. The number of hydrogen-bond acceptors (Lipinski definition) is 5. The third-order valence-corrected chi connectivity index (χ3v) is 5.19. The van der Waals surface area contributed by atoms with E-state index in [9.17, 15) is 4.79 Å². The summed E-state index contributed by atoms with van der Waals surface area (Å²) >= 11 is 1.56. The normalized spacial score (nSPS) is 13.9. The molecule has 1 fully saturated rings. The molecular weight excluding hydrogens is 322 g/mol. The standard InChI is InChI=1S/C17H17N5OS/c1-10-11(2)22(9-19-10)15-6-5-13(7-18-15)20-16(23)14-8-24-17(21-14)12-3-4-12/h5-9,12H,3-4H2,1-2H3,(H,20,23). The van der Waals surface area contributed by atoms with Crippen LogP contribution in [0, 0.1) is 13.8 Å². The molecule has 7 heteroatoms. The molecule has 0 unspecified atom stereocenters. The van der Waals surface area contributed by atoms with Gasteiger partial charge in [0, 0.05) is 17.0 Å². The molecule has 3 aromatic heterocycles. The van der Waals surface area contributed by atoms with Gasteiger partial charge in [-0.15, -0.1) is 11.3 Å². The topological polar surface area (TPSA) is 72.7 Å². The Morgan fingerprint density at radius 3 is 2.75 bits per heavy atom. The quantitative estimate of drug-likeness (QED) is 0.790.